The molecule has 1 aliphatic heterocycles. The van der Waals surface area contributed by atoms with Gasteiger partial charge in [0.05, 0.1) is 27.2 Å². The Morgan fingerprint density at radius 1 is 1.05 bits per heavy atom. The lowest BCUT2D eigenvalue weighted by molar-refractivity contribution is -0.143. The van der Waals surface area contributed by atoms with Gasteiger partial charge in [-0.25, -0.2) is 8.42 Å². The van der Waals surface area contributed by atoms with Crippen molar-refractivity contribution in [3.05, 3.63) is 64.7 Å². The Balaban J connectivity index is 1.46. The van der Waals surface area contributed by atoms with Crippen molar-refractivity contribution in [2.24, 2.45) is 0 Å². The predicted molar refractivity (Wildman–Crippen MR) is 153 cm³/mol. The first kappa shape index (κ1) is 32.0. The molecule has 2 saturated carbocycles. The zero-order chi connectivity index (χ0) is 32.0. The van der Waals surface area contributed by atoms with Gasteiger partial charge in [0.25, 0.3) is 5.91 Å². The van der Waals surface area contributed by atoms with Crippen LogP contribution in [0.25, 0.3) is 0 Å². The monoisotopic (exact) mass is 653 g/mol. The van der Waals surface area contributed by atoms with Crippen LogP contribution in [0.15, 0.2) is 53.4 Å². The molecule has 1 unspecified atom stereocenters. The van der Waals surface area contributed by atoms with Crippen LogP contribution in [0, 0.1) is 0 Å². The minimum absolute atomic E-state index is 0.0404. The summed E-state index contributed by atoms with van der Waals surface area (Å²) in [6, 6.07) is 7.54. The Kier molecular flexibility index (Phi) is 8.58. The maximum atomic E-state index is 14.1. The molecule has 1 saturated heterocycles. The fourth-order valence-electron chi connectivity index (χ4n) is 5.68. The standard InChI is InChI=1S/C30H31ClF3N3O6S/c1-2-22(25(38)27(40)35-19-11-12-19)36-26(39)23-15-20(44(42,43)24-6-4-3-5-21(24)30(32,33)34)16-37(23)28(41)29(13-14-29)17-7-9-18(31)10-8-17/h3-10,19-20,22-23H,2,11-16H2,1H3,(H,35,40)(H,36,39)/t20-,22?,23+/m1/s1. The Morgan fingerprint density at radius 3 is 2.25 bits per heavy atom. The van der Waals surface area contributed by atoms with Crippen molar-refractivity contribution in [3.8, 4) is 0 Å². The number of alkyl halides is 3. The van der Waals surface area contributed by atoms with E-state index in [0.717, 1.165) is 29.9 Å². The molecule has 1 heterocycles. The summed E-state index contributed by atoms with van der Waals surface area (Å²) in [7, 11) is -4.69. The first-order valence-corrected chi connectivity index (χ1v) is 16.2. The molecule has 0 bridgehead atoms. The van der Waals surface area contributed by atoms with Crippen LogP contribution in [0.5, 0.6) is 0 Å². The third-order valence-electron chi connectivity index (χ3n) is 8.50. The molecular weight excluding hydrogens is 623 g/mol. The lowest BCUT2D eigenvalue weighted by Gasteiger charge is -2.29. The maximum absolute atomic E-state index is 14.1. The second kappa shape index (κ2) is 11.8. The Hall–Kier alpha value is -3.45. The number of amides is 3. The van der Waals surface area contributed by atoms with Gasteiger partial charge in [-0.2, -0.15) is 13.2 Å². The van der Waals surface area contributed by atoms with Crippen molar-refractivity contribution in [2.45, 2.75) is 85.3 Å². The summed E-state index contributed by atoms with van der Waals surface area (Å²) >= 11 is 6.02. The van der Waals surface area contributed by atoms with Crippen LogP contribution < -0.4 is 10.6 Å². The van der Waals surface area contributed by atoms with E-state index in [1.807, 2.05) is 0 Å². The van der Waals surface area contributed by atoms with Crippen molar-refractivity contribution in [1.82, 2.24) is 15.5 Å². The third kappa shape index (κ3) is 6.21. The van der Waals surface area contributed by atoms with Gasteiger partial charge in [-0.3, -0.25) is 19.2 Å². The number of sulfone groups is 1. The van der Waals surface area contributed by atoms with E-state index in [1.165, 1.54) is 6.07 Å². The lowest BCUT2D eigenvalue weighted by atomic mass is 9.94. The van der Waals surface area contributed by atoms with Gasteiger partial charge in [-0.15, -0.1) is 0 Å². The van der Waals surface area contributed by atoms with Crippen LogP contribution in [0.4, 0.5) is 13.2 Å². The van der Waals surface area contributed by atoms with Crippen molar-refractivity contribution >= 4 is 44.9 Å². The van der Waals surface area contributed by atoms with Gasteiger partial charge in [-0.05, 0) is 68.4 Å². The molecule has 0 radical (unpaired) electrons. The van der Waals surface area contributed by atoms with Gasteiger partial charge in [0.2, 0.25) is 17.6 Å². The summed E-state index contributed by atoms with van der Waals surface area (Å²) in [4.78, 5) is 53.1. The average Bonchev–Trinajstić information content (AvgIpc) is 3.92. The van der Waals surface area contributed by atoms with Crippen molar-refractivity contribution in [2.75, 3.05) is 6.54 Å². The number of carbonyl (C=O) groups is 4. The number of Topliss-reactive ketones (excluding diaryl/α,β-unsaturated/α-hetero) is 1. The summed E-state index contributed by atoms with van der Waals surface area (Å²) in [6.45, 7) is 1.04. The quantitative estimate of drug-likeness (QED) is 0.377. The largest absolute Gasteiger partial charge is 0.417 e. The van der Waals surface area contributed by atoms with E-state index in [-0.39, 0.29) is 12.5 Å². The first-order valence-electron chi connectivity index (χ1n) is 14.3. The van der Waals surface area contributed by atoms with Gasteiger partial charge < -0.3 is 15.5 Å². The van der Waals surface area contributed by atoms with Crippen LogP contribution in [0.3, 0.4) is 0 Å². The minimum atomic E-state index is -4.96. The number of carbonyl (C=O) groups excluding carboxylic acids is 4. The number of hydrogen-bond acceptors (Lipinski definition) is 6. The van der Waals surface area contributed by atoms with E-state index >= 15 is 0 Å². The van der Waals surface area contributed by atoms with Crippen LogP contribution in [-0.4, -0.2) is 66.7 Å². The van der Waals surface area contributed by atoms with Crippen LogP contribution >= 0.6 is 11.6 Å². The predicted octanol–water partition coefficient (Wildman–Crippen LogP) is 3.58. The molecule has 3 amide bonds. The summed E-state index contributed by atoms with van der Waals surface area (Å²) in [5.74, 6) is -3.16. The highest BCUT2D eigenvalue weighted by atomic mass is 35.5. The lowest BCUT2D eigenvalue weighted by Crippen LogP contribution is -2.54. The van der Waals surface area contributed by atoms with Crippen molar-refractivity contribution in [3.63, 3.8) is 0 Å². The molecule has 2 aromatic rings. The fourth-order valence-corrected chi connectivity index (χ4v) is 7.72. The summed E-state index contributed by atoms with van der Waals surface area (Å²) in [6.07, 6.45) is -3.13. The van der Waals surface area contributed by atoms with Crippen LogP contribution in [0.1, 0.15) is 56.6 Å². The zero-order valence-electron chi connectivity index (χ0n) is 23.7. The summed E-state index contributed by atoms with van der Waals surface area (Å²) in [5.41, 5.74) is -1.79. The number of nitrogens with zero attached hydrogens (tertiary/aromatic N) is 1. The smallest absolute Gasteiger partial charge is 0.347 e. The van der Waals surface area contributed by atoms with Crippen LogP contribution in [-0.2, 0) is 40.6 Å². The molecule has 2 aromatic carbocycles. The van der Waals surface area contributed by atoms with Gasteiger partial charge in [0.15, 0.2) is 9.84 Å². The Labute approximate surface area is 257 Å². The zero-order valence-corrected chi connectivity index (χ0v) is 25.3. The van der Waals surface area contributed by atoms with E-state index in [4.69, 9.17) is 11.6 Å². The molecular formula is C30H31ClF3N3O6S. The molecule has 2 aliphatic carbocycles. The van der Waals surface area contributed by atoms with E-state index in [9.17, 15) is 40.8 Å². The molecule has 9 nitrogen and oxygen atoms in total. The highest BCUT2D eigenvalue weighted by Gasteiger charge is 2.57. The topological polar surface area (TPSA) is 130 Å². The molecule has 2 N–H and O–H groups in total. The maximum Gasteiger partial charge on any atom is 0.417 e. The Bertz CT molecular complexity index is 1590. The number of benzene rings is 2. The van der Waals surface area contributed by atoms with E-state index in [0.29, 0.717) is 29.5 Å². The second-order valence-corrected chi connectivity index (χ2v) is 14.2. The van der Waals surface area contributed by atoms with Gasteiger partial charge in [0.1, 0.15) is 6.04 Å². The molecule has 236 valence electrons. The number of rotatable bonds is 10. The third-order valence-corrected chi connectivity index (χ3v) is 10.9. The van der Waals surface area contributed by atoms with Crippen molar-refractivity contribution in [1.29, 1.82) is 0 Å². The normalized spacial score (nSPS) is 21.8. The Morgan fingerprint density at radius 2 is 1.68 bits per heavy atom. The van der Waals surface area contributed by atoms with E-state index < -0.39 is 85.7 Å². The van der Waals surface area contributed by atoms with E-state index in [2.05, 4.69) is 10.6 Å². The molecule has 44 heavy (non-hydrogen) atoms. The average molecular weight is 654 g/mol. The molecule has 0 aromatic heterocycles. The number of halogens is 4. The van der Waals surface area contributed by atoms with Gasteiger partial charge in [-0.1, -0.05) is 42.8 Å². The minimum Gasteiger partial charge on any atom is -0.347 e. The molecule has 14 heteroatoms. The molecule has 5 rings (SSSR count). The molecule has 0 spiro atoms. The number of hydrogen-bond donors (Lipinski definition) is 2. The number of ketones is 1. The van der Waals surface area contributed by atoms with Crippen molar-refractivity contribution < 1.29 is 40.8 Å². The number of nitrogens with one attached hydrogen (secondary N) is 2. The molecule has 3 fully saturated rings. The fraction of sp³-hybridized carbons (Fsp3) is 0.467. The van der Waals surface area contributed by atoms with Gasteiger partial charge >= 0.3 is 6.18 Å². The highest BCUT2D eigenvalue weighted by Crippen LogP contribution is 2.51. The van der Waals surface area contributed by atoms with E-state index in [1.54, 1.807) is 31.2 Å². The van der Waals surface area contributed by atoms with Crippen LogP contribution in [0.2, 0.25) is 5.02 Å². The van der Waals surface area contributed by atoms with Gasteiger partial charge in [0, 0.05) is 17.6 Å². The SMILES string of the molecule is CCC(NC(=O)[C@@H]1C[C@@H](S(=O)(=O)c2ccccc2C(F)(F)F)CN1C(=O)C1(c2ccc(Cl)cc2)CC1)C(=O)C(=O)NC1CC1. The highest BCUT2D eigenvalue weighted by molar-refractivity contribution is 7.92. The number of likely N-dealkylation sites (tertiary alicyclic amines) is 1. The molecule has 3 atom stereocenters. The summed E-state index contributed by atoms with van der Waals surface area (Å²) < 4.78 is 68.8. The molecule has 3 aliphatic rings. The first-order chi connectivity index (χ1) is 20.7. The summed E-state index contributed by atoms with van der Waals surface area (Å²) in [5, 5.41) is 3.96. The second-order valence-electron chi connectivity index (χ2n) is 11.5.